The highest BCUT2D eigenvalue weighted by Gasteiger charge is 2.30. The monoisotopic (exact) mass is 282 g/mol. The first-order valence-electron chi connectivity index (χ1n) is 7.34. The molecule has 0 radical (unpaired) electrons. The van der Waals surface area contributed by atoms with Gasteiger partial charge >= 0.3 is 12.0 Å². The Morgan fingerprint density at radius 3 is 2.40 bits per heavy atom. The van der Waals surface area contributed by atoms with Crippen molar-refractivity contribution >= 4 is 12.0 Å². The molecule has 5 heteroatoms. The van der Waals surface area contributed by atoms with Gasteiger partial charge in [-0.05, 0) is 18.8 Å². The van der Waals surface area contributed by atoms with Gasteiger partial charge in [0.05, 0.1) is 0 Å². The number of carboxylic acid groups (broad SMARTS) is 1. The Balaban J connectivity index is 2.81. The summed E-state index contributed by atoms with van der Waals surface area (Å²) in [5.74, 6) is -0.619. The van der Waals surface area contributed by atoms with E-state index >= 15 is 0 Å². The maximum Gasteiger partial charge on any atom is 0.323 e. The van der Waals surface area contributed by atoms with Crippen LogP contribution in [-0.2, 0) is 4.79 Å². The summed E-state index contributed by atoms with van der Waals surface area (Å²) in [4.78, 5) is 26.8. The average Bonchev–Trinajstić information content (AvgIpc) is 2.87. The molecular weight excluding hydrogens is 256 g/mol. The average molecular weight is 282 g/mol. The molecule has 0 spiro atoms. The fraction of sp³-hybridized carbons (Fsp3) is 0.733. The molecule has 0 heterocycles. The van der Waals surface area contributed by atoms with Crippen molar-refractivity contribution in [3.63, 3.8) is 0 Å². The van der Waals surface area contributed by atoms with E-state index in [4.69, 9.17) is 5.11 Å². The molecule has 5 nitrogen and oxygen atoms in total. The van der Waals surface area contributed by atoms with Gasteiger partial charge in [0, 0.05) is 19.1 Å². The van der Waals surface area contributed by atoms with Crippen molar-refractivity contribution in [2.24, 2.45) is 5.92 Å². The molecule has 0 atom stereocenters. The number of urea groups is 1. The van der Waals surface area contributed by atoms with Crippen LogP contribution in [0.5, 0.6) is 0 Å². The molecule has 0 unspecified atom stereocenters. The summed E-state index contributed by atoms with van der Waals surface area (Å²) in [5.41, 5.74) is 0. The number of carbonyl (C=O) groups excluding carboxylic acids is 1. The van der Waals surface area contributed by atoms with Gasteiger partial charge in [0.25, 0.3) is 0 Å². The van der Waals surface area contributed by atoms with Gasteiger partial charge in [-0.3, -0.25) is 4.79 Å². The van der Waals surface area contributed by atoms with Crippen LogP contribution in [0.3, 0.4) is 0 Å². The van der Waals surface area contributed by atoms with Crippen molar-refractivity contribution < 1.29 is 14.7 Å². The predicted molar refractivity (Wildman–Crippen MR) is 78.6 cm³/mol. The van der Waals surface area contributed by atoms with Crippen LogP contribution in [0, 0.1) is 5.92 Å². The topological polar surface area (TPSA) is 60.9 Å². The molecular formula is C15H26N2O3. The van der Waals surface area contributed by atoms with E-state index in [0.29, 0.717) is 12.5 Å². The van der Waals surface area contributed by atoms with E-state index in [-0.39, 0.29) is 25.2 Å². The molecule has 1 saturated carbocycles. The first-order chi connectivity index (χ1) is 9.45. The van der Waals surface area contributed by atoms with E-state index in [2.05, 4.69) is 20.4 Å². The lowest BCUT2D eigenvalue weighted by atomic mass is 10.1. The third-order valence-corrected chi connectivity index (χ3v) is 3.52. The second kappa shape index (κ2) is 7.92. The summed E-state index contributed by atoms with van der Waals surface area (Å²) in [6.07, 6.45) is 5.91. The SMILES string of the molecule is C=CCN(CC(=O)O)C(=O)N(CC(C)C)C1CCCC1. The van der Waals surface area contributed by atoms with E-state index in [1.807, 2.05) is 4.90 Å². The van der Waals surface area contributed by atoms with Crippen LogP contribution in [0.25, 0.3) is 0 Å². The van der Waals surface area contributed by atoms with Gasteiger partial charge in [-0.2, -0.15) is 0 Å². The van der Waals surface area contributed by atoms with Crippen LogP contribution < -0.4 is 0 Å². The van der Waals surface area contributed by atoms with Gasteiger partial charge in [0.1, 0.15) is 6.54 Å². The largest absolute Gasteiger partial charge is 0.480 e. The number of rotatable bonds is 7. The zero-order valence-electron chi connectivity index (χ0n) is 12.5. The molecule has 1 fully saturated rings. The van der Waals surface area contributed by atoms with Crippen molar-refractivity contribution in [3.05, 3.63) is 12.7 Å². The van der Waals surface area contributed by atoms with Gasteiger partial charge < -0.3 is 14.9 Å². The number of aliphatic carboxylic acids is 1. The number of nitrogens with zero attached hydrogens (tertiary/aromatic N) is 2. The first-order valence-corrected chi connectivity index (χ1v) is 7.34. The van der Waals surface area contributed by atoms with Gasteiger partial charge in [-0.15, -0.1) is 6.58 Å². The Kier molecular flexibility index (Phi) is 6.55. The Morgan fingerprint density at radius 2 is 1.95 bits per heavy atom. The van der Waals surface area contributed by atoms with E-state index < -0.39 is 5.97 Å². The van der Waals surface area contributed by atoms with Gasteiger partial charge in [-0.25, -0.2) is 4.79 Å². The number of carboxylic acids is 1. The van der Waals surface area contributed by atoms with E-state index in [1.54, 1.807) is 6.08 Å². The van der Waals surface area contributed by atoms with Gasteiger partial charge in [0.15, 0.2) is 0 Å². The van der Waals surface area contributed by atoms with E-state index in [9.17, 15) is 9.59 Å². The summed E-state index contributed by atoms with van der Waals surface area (Å²) in [7, 11) is 0. The zero-order valence-corrected chi connectivity index (χ0v) is 12.5. The van der Waals surface area contributed by atoms with Gasteiger partial charge in [-0.1, -0.05) is 32.8 Å². The van der Waals surface area contributed by atoms with Crippen molar-refractivity contribution in [1.29, 1.82) is 0 Å². The summed E-state index contributed by atoms with van der Waals surface area (Å²) < 4.78 is 0. The summed E-state index contributed by atoms with van der Waals surface area (Å²) in [6.45, 7) is 8.43. The Hall–Kier alpha value is -1.52. The van der Waals surface area contributed by atoms with Crippen molar-refractivity contribution in [1.82, 2.24) is 9.80 Å². The normalized spacial score (nSPS) is 15.3. The molecule has 1 aliphatic carbocycles. The minimum absolute atomic E-state index is 0.173. The molecule has 0 bridgehead atoms. The van der Waals surface area contributed by atoms with Crippen LogP contribution in [0.1, 0.15) is 39.5 Å². The lowest BCUT2D eigenvalue weighted by Gasteiger charge is -2.34. The molecule has 0 aromatic carbocycles. The smallest absolute Gasteiger partial charge is 0.323 e. The lowest BCUT2D eigenvalue weighted by molar-refractivity contribution is -0.137. The minimum atomic E-state index is -0.990. The molecule has 1 aliphatic rings. The minimum Gasteiger partial charge on any atom is -0.480 e. The Bertz CT molecular complexity index is 349. The fourth-order valence-corrected chi connectivity index (χ4v) is 2.70. The maximum atomic E-state index is 12.6. The predicted octanol–water partition coefficient (Wildman–Crippen LogP) is 2.58. The zero-order chi connectivity index (χ0) is 15.1. The van der Waals surface area contributed by atoms with Crippen molar-refractivity contribution in [2.45, 2.75) is 45.6 Å². The summed E-state index contributed by atoms with van der Waals surface area (Å²) >= 11 is 0. The highest BCUT2D eigenvalue weighted by atomic mass is 16.4. The summed E-state index contributed by atoms with van der Waals surface area (Å²) in [6, 6.07) is 0.0823. The van der Waals surface area contributed by atoms with Gasteiger partial charge in [0.2, 0.25) is 0 Å². The second-order valence-electron chi connectivity index (χ2n) is 5.83. The van der Waals surface area contributed by atoms with Crippen LogP contribution in [0.15, 0.2) is 12.7 Å². The molecule has 1 N–H and O–H groups in total. The molecule has 114 valence electrons. The lowest BCUT2D eigenvalue weighted by Crippen LogP contribution is -2.50. The van der Waals surface area contributed by atoms with E-state index in [1.165, 1.54) is 4.90 Å². The van der Waals surface area contributed by atoms with Crippen molar-refractivity contribution in [2.75, 3.05) is 19.6 Å². The third-order valence-electron chi connectivity index (χ3n) is 3.52. The van der Waals surface area contributed by atoms with Crippen molar-refractivity contribution in [3.8, 4) is 0 Å². The molecule has 0 aromatic heterocycles. The quantitative estimate of drug-likeness (QED) is 0.730. The second-order valence-corrected chi connectivity index (χ2v) is 5.83. The molecule has 0 aromatic rings. The Labute approximate surface area is 121 Å². The summed E-state index contributed by atoms with van der Waals surface area (Å²) in [5, 5.41) is 8.94. The number of amides is 2. The van der Waals surface area contributed by atoms with E-state index in [0.717, 1.165) is 25.7 Å². The van der Waals surface area contributed by atoms with Crippen LogP contribution in [0.4, 0.5) is 4.79 Å². The van der Waals surface area contributed by atoms with Crippen LogP contribution in [-0.4, -0.2) is 52.6 Å². The van der Waals surface area contributed by atoms with Crippen LogP contribution >= 0.6 is 0 Å². The molecule has 2 amide bonds. The Morgan fingerprint density at radius 1 is 1.35 bits per heavy atom. The highest BCUT2D eigenvalue weighted by molar-refractivity contribution is 5.80. The maximum absolute atomic E-state index is 12.6. The standard InChI is InChI=1S/C15H26N2O3/c1-4-9-16(11-14(18)19)15(20)17(10-12(2)3)13-7-5-6-8-13/h4,12-13H,1,5-11H2,2-3H3,(H,18,19). The number of hydrogen-bond acceptors (Lipinski definition) is 2. The number of carbonyl (C=O) groups is 2. The first kappa shape index (κ1) is 16.5. The number of hydrogen-bond donors (Lipinski definition) is 1. The van der Waals surface area contributed by atoms with Crippen LogP contribution in [0.2, 0.25) is 0 Å². The molecule has 0 aliphatic heterocycles. The molecule has 0 saturated heterocycles. The highest BCUT2D eigenvalue weighted by Crippen LogP contribution is 2.25. The molecule has 20 heavy (non-hydrogen) atoms. The fourth-order valence-electron chi connectivity index (χ4n) is 2.70. The third kappa shape index (κ3) is 4.87. The molecule has 1 rings (SSSR count).